The molecule has 0 saturated carbocycles. The van der Waals surface area contributed by atoms with Gasteiger partial charge >= 0.3 is 12.1 Å². The van der Waals surface area contributed by atoms with Crippen molar-refractivity contribution < 1.29 is 19.1 Å². The minimum atomic E-state index is -0.804. The number of hydrogen-bond acceptors (Lipinski definition) is 4. The topological polar surface area (TPSA) is 64.6 Å². The number of rotatable bonds is 4. The SMILES string of the molecule is Cc1ccc(C[C@@H](NC(=O)OC(C)(C)C)C(=O)OC(C)(C)C)cc1. The van der Waals surface area contributed by atoms with Crippen LogP contribution in [0.3, 0.4) is 0 Å². The molecule has 0 saturated heterocycles. The third-order valence-electron chi connectivity index (χ3n) is 2.94. The zero-order valence-electron chi connectivity index (χ0n) is 15.7. The van der Waals surface area contributed by atoms with Crippen LogP contribution in [0.25, 0.3) is 0 Å². The molecule has 0 unspecified atom stereocenters. The lowest BCUT2D eigenvalue weighted by Gasteiger charge is -2.26. The van der Waals surface area contributed by atoms with Crippen LogP contribution in [0.5, 0.6) is 0 Å². The molecule has 24 heavy (non-hydrogen) atoms. The van der Waals surface area contributed by atoms with Crippen molar-refractivity contribution in [1.29, 1.82) is 0 Å². The van der Waals surface area contributed by atoms with Gasteiger partial charge in [-0.15, -0.1) is 0 Å². The lowest BCUT2D eigenvalue weighted by Crippen LogP contribution is -2.47. The molecule has 0 aliphatic carbocycles. The smallest absolute Gasteiger partial charge is 0.408 e. The summed E-state index contributed by atoms with van der Waals surface area (Å²) in [5.74, 6) is -0.478. The van der Waals surface area contributed by atoms with Gasteiger partial charge in [0.15, 0.2) is 0 Å². The maximum absolute atomic E-state index is 12.4. The average molecular weight is 335 g/mol. The van der Waals surface area contributed by atoms with Crippen molar-refractivity contribution in [1.82, 2.24) is 5.32 Å². The molecule has 1 amide bonds. The molecule has 0 aliphatic heterocycles. The fourth-order valence-corrected chi connectivity index (χ4v) is 1.98. The summed E-state index contributed by atoms with van der Waals surface area (Å²) in [5.41, 5.74) is 0.810. The van der Waals surface area contributed by atoms with Crippen molar-refractivity contribution in [2.45, 2.75) is 72.1 Å². The summed E-state index contributed by atoms with van der Waals surface area (Å²) >= 11 is 0. The molecule has 1 aromatic carbocycles. The Morgan fingerprint density at radius 1 is 0.958 bits per heavy atom. The molecule has 1 atom stereocenters. The molecule has 1 aromatic rings. The summed E-state index contributed by atoms with van der Waals surface area (Å²) in [7, 11) is 0. The lowest BCUT2D eigenvalue weighted by atomic mass is 10.0. The first-order chi connectivity index (χ1) is 10.9. The Morgan fingerprint density at radius 3 is 1.92 bits per heavy atom. The van der Waals surface area contributed by atoms with Gasteiger partial charge < -0.3 is 14.8 Å². The Morgan fingerprint density at radius 2 is 1.46 bits per heavy atom. The summed E-state index contributed by atoms with van der Waals surface area (Å²) in [6, 6.07) is 7.00. The van der Waals surface area contributed by atoms with Gasteiger partial charge in [-0.3, -0.25) is 0 Å². The lowest BCUT2D eigenvalue weighted by molar-refractivity contribution is -0.157. The van der Waals surface area contributed by atoms with E-state index in [2.05, 4.69) is 5.32 Å². The third-order valence-corrected chi connectivity index (χ3v) is 2.94. The number of aryl methyl sites for hydroxylation is 1. The Bertz CT molecular complexity index is 565. The van der Waals surface area contributed by atoms with E-state index in [9.17, 15) is 9.59 Å². The number of carbonyl (C=O) groups excluding carboxylic acids is 2. The Balaban J connectivity index is 2.88. The standard InChI is InChI=1S/C19H29NO4/c1-13-8-10-14(11-9-13)12-15(16(21)23-18(2,3)4)20-17(22)24-19(5,6)7/h8-11,15H,12H2,1-7H3,(H,20,22)/t15-/m1/s1. The number of benzene rings is 1. The number of alkyl carbamates (subject to hydrolysis) is 1. The van der Waals surface area contributed by atoms with Crippen LogP contribution in [-0.2, 0) is 20.7 Å². The van der Waals surface area contributed by atoms with Gasteiger partial charge in [0.1, 0.15) is 17.2 Å². The van der Waals surface area contributed by atoms with Crippen molar-refractivity contribution >= 4 is 12.1 Å². The monoisotopic (exact) mass is 335 g/mol. The number of carbonyl (C=O) groups is 2. The maximum Gasteiger partial charge on any atom is 0.408 e. The maximum atomic E-state index is 12.4. The minimum Gasteiger partial charge on any atom is -0.458 e. The fourth-order valence-electron chi connectivity index (χ4n) is 1.98. The molecule has 1 N–H and O–H groups in total. The molecule has 0 aliphatic rings. The van der Waals surface area contributed by atoms with E-state index in [4.69, 9.17) is 9.47 Å². The van der Waals surface area contributed by atoms with E-state index >= 15 is 0 Å². The van der Waals surface area contributed by atoms with E-state index < -0.39 is 29.3 Å². The predicted molar refractivity (Wildman–Crippen MR) is 93.9 cm³/mol. The van der Waals surface area contributed by atoms with Crippen molar-refractivity contribution in [3.05, 3.63) is 35.4 Å². The van der Waals surface area contributed by atoms with E-state index in [0.29, 0.717) is 6.42 Å². The van der Waals surface area contributed by atoms with Crippen LogP contribution in [0, 0.1) is 6.92 Å². The van der Waals surface area contributed by atoms with Gasteiger partial charge in [-0.2, -0.15) is 0 Å². The van der Waals surface area contributed by atoms with Crippen molar-refractivity contribution in [3.63, 3.8) is 0 Å². The van der Waals surface area contributed by atoms with E-state index in [1.807, 2.05) is 31.2 Å². The predicted octanol–water partition coefficient (Wildman–Crippen LogP) is 3.77. The summed E-state index contributed by atoms with van der Waals surface area (Å²) < 4.78 is 10.7. The molecule has 5 heteroatoms. The van der Waals surface area contributed by atoms with Gasteiger partial charge in [-0.25, -0.2) is 9.59 Å². The number of amides is 1. The normalized spacial score (nSPS) is 13.1. The highest BCUT2D eigenvalue weighted by Gasteiger charge is 2.28. The first kappa shape index (κ1) is 20.0. The molecule has 0 radical (unpaired) electrons. The highest BCUT2D eigenvalue weighted by Crippen LogP contribution is 2.13. The number of hydrogen-bond donors (Lipinski definition) is 1. The molecule has 0 spiro atoms. The van der Waals surface area contributed by atoms with Gasteiger partial charge in [0.05, 0.1) is 0 Å². The van der Waals surface area contributed by atoms with Crippen molar-refractivity contribution in [2.24, 2.45) is 0 Å². The molecule has 0 heterocycles. The third kappa shape index (κ3) is 7.99. The van der Waals surface area contributed by atoms with Gasteiger partial charge in [0.2, 0.25) is 0 Å². The first-order valence-electron chi connectivity index (χ1n) is 8.14. The minimum absolute atomic E-state index is 0.342. The summed E-state index contributed by atoms with van der Waals surface area (Å²) in [5, 5.41) is 2.62. The quantitative estimate of drug-likeness (QED) is 0.851. The van der Waals surface area contributed by atoms with Gasteiger partial charge in [0, 0.05) is 6.42 Å². The Hall–Kier alpha value is -2.04. The first-order valence-corrected chi connectivity index (χ1v) is 8.14. The highest BCUT2D eigenvalue weighted by molar-refractivity contribution is 5.82. The van der Waals surface area contributed by atoms with E-state index in [1.54, 1.807) is 41.5 Å². The zero-order chi connectivity index (χ0) is 18.5. The largest absolute Gasteiger partial charge is 0.458 e. The highest BCUT2D eigenvalue weighted by atomic mass is 16.6. The molecular formula is C19H29NO4. The molecule has 134 valence electrons. The van der Waals surface area contributed by atoms with Crippen LogP contribution in [0.1, 0.15) is 52.7 Å². The van der Waals surface area contributed by atoms with Crippen molar-refractivity contribution in [2.75, 3.05) is 0 Å². The number of ether oxygens (including phenoxy) is 2. The molecule has 0 fully saturated rings. The Labute approximate surface area is 144 Å². The van der Waals surface area contributed by atoms with Crippen LogP contribution in [0.15, 0.2) is 24.3 Å². The van der Waals surface area contributed by atoms with Crippen LogP contribution in [0.2, 0.25) is 0 Å². The van der Waals surface area contributed by atoms with Crippen LogP contribution < -0.4 is 5.32 Å². The van der Waals surface area contributed by atoms with Crippen molar-refractivity contribution in [3.8, 4) is 0 Å². The van der Waals surface area contributed by atoms with E-state index in [-0.39, 0.29) is 0 Å². The number of esters is 1. The summed E-state index contributed by atoms with van der Waals surface area (Å²) in [4.78, 5) is 24.5. The van der Waals surface area contributed by atoms with Crippen LogP contribution in [0.4, 0.5) is 4.79 Å². The Kier molecular flexibility index (Phi) is 6.41. The number of nitrogens with one attached hydrogen (secondary N) is 1. The second kappa shape index (κ2) is 7.69. The summed E-state index contributed by atoms with van der Waals surface area (Å²) in [6.07, 6.45) is -0.292. The van der Waals surface area contributed by atoms with Gasteiger partial charge in [0.25, 0.3) is 0 Å². The molecule has 5 nitrogen and oxygen atoms in total. The molecule has 0 aromatic heterocycles. The van der Waals surface area contributed by atoms with Gasteiger partial charge in [-0.05, 0) is 54.0 Å². The molecule has 1 rings (SSSR count). The second-order valence-electron chi connectivity index (χ2n) is 7.92. The second-order valence-corrected chi connectivity index (χ2v) is 7.92. The molecular weight excluding hydrogens is 306 g/mol. The molecule has 0 bridgehead atoms. The fraction of sp³-hybridized carbons (Fsp3) is 0.579. The van der Waals surface area contributed by atoms with Crippen LogP contribution in [-0.4, -0.2) is 29.3 Å². The van der Waals surface area contributed by atoms with E-state index in [1.165, 1.54) is 0 Å². The zero-order valence-corrected chi connectivity index (χ0v) is 15.7. The van der Waals surface area contributed by atoms with Crippen LogP contribution >= 0.6 is 0 Å². The van der Waals surface area contributed by atoms with Gasteiger partial charge in [-0.1, -0.05) is 29.8 Å². The van der Waals surface area contributed by atoms with E-state index in [0.717, 1.165) is 11.1 Å². The summed E-state index contributed by atoms with van der Waals surface area (Å²) in [6.45, 7) is 12.7. The average Bonchev–Trinajstić information content (AvgIpc) is 2.36.